The van der Waals surface area contributed by atoms with Crippen molar-refractivity contribution in [3.63, 3.8) is 0 Å². The van der Waals surface area contributed by atoms with Crippen molar-refractivity contribution in [2.24, 2.45) is 0 Å². The fourth-order valence-electron chi connectivity index (χ4n) is 2.32. The number of hydrogen-bond acceptors (Lipinski definition) is 3. The molecule has 0 atom stereocenters. The average molecular weight is 317 g/mol. The summed E-state index contributed by atoms with van der Waals surface area (Å²) in [6.45, 7) is 2.24. The zero-order chi connectivity index (χ0) is 14.8. The lowest BCUT2D eigenvalue weighted by molar-refractivity contribution is -0.119. The minimum absolute atomic E-state index is 0.0465. The third-order valence-electron chi connectivity index (χ3n) is 3.32. The molecule has 1 aliphatic heterocycles. The van der Waals surface area contributed by atoms with Crippen LogP contribution in [0.1, 0.15) is 19.8 Å². The largest absolute Gasteiger partial charge is 0.354 e. The third kappa shape index (κ3) is 3.31. The van der Waals surface area contributed by atoms with Gasteiger partial charge in [-0.1, -0.05) is 23.7 Å². The molecule has 0 bridgehead atoms. The van der Waals surface area contributed by atoms with Gasteiger partial charge in [-0.3, -0.25) is 4.79 Å². The van der Waals surface area contributed by atoms with Crippen LogP contribution in [0.5, 0.6) is 0 Å². The van der Waals surface area contributed by atoms with Gasteiger partial charge in [0.05, 0.1) is 5.02 Å². The van der Waals surface area contributed by atoms with Crippen molar-refractivity contribution in [1.29, 1.82) is 0 Å². The standard InChI is InChI=1S/C13H17ClN2O3S/c1-10(17)15-11-6-8-16(9-7-11)20(18,19)13-5-3-2-4-12(13)14/h2-5,11H,6-9H2,1H3,(H,15,17). The van der Waals surface area contributed by atoms with E-state index in [1.54, 1.807) is 18.2 Å². The van der Waals surface area contributed by atoms with Gasteiger partial charge in [0.1, 0.15) is 4.90 Å². The van der Waals surface area contributed by atoms with Crippen LogP contribution in [0.25, 0.3) is 0 Å². The summed E-state index contributed by atoms with van der Waals surface area (Å²) in [5, 5.41) is 3.05. The number of piperidine rings is 1. The smallest absolute Gasteiger partial charge is 0.244 e. The van der Waals surface area contributed by atoms with E-state index < -0.39 is 10.0 Å². The molecule has 1 heterocycles. The Labute approximate surface area is 124 Å². The van der Waals surface area contributed by atoms with Crippen molar-refractivity contribution in [3.05, 3.63) is 29.3 Å². The van der Waals surface area contributed by atoms with Crippen LogP contribution in [0, 0.1) is 0 Å². The van der Waals surface area contributed by atoms with Crippen LogP contribution in [0.3, 0.4) is 0 Å². The predicted molar refractivity (Wildman–Crippen MR) is 77.0 cm³/mol. The molecule has 110 valence electrons. The van der Waals surface area contributed by atoms with Crippen LogP contribution in [0.15, 0.2) is 29.2 Å². The lowest BCUT2D eigenvalue weighted by Crippen LogP contribution is -2.46. The number of nitrogens with one attached hydrogen (secondary N) is 1. The topological polar surface area (TPSA) is 66.5 Å². The van der Waals surface area contributed by atoms with Gasteiger partial charge in [0, 0.05) is 26.1 Å². The fraction of sp³-hybridized carbons (Fsp3) is 0.462. The van der Waals surface area contributed by atoms with Crippen molar-refractivity contribution in [2.75, 3.05) is 13.1 Å². The molecule has 1 aliphatic rings. The van der Waals surface area contributed by atoms with Crippen LogP contribution in [0.4, 0.5) is 0 Å². The number of halogens is 1. The van der Waals surface area contributed by atoms with E-state index in [0.29, 0.717) is 25.9 Å². The number of hydrogen-bond donors (Lipinski definition) is 1. The summed E-state index contributed by atoms with van der Waals surface area (Å²) in [7, 11) is -3.56. The van der Waals surface area contributed by atoms with Crippen LogP contribution < -0.4 is 5.32 Å². The Morgan fingerprint density at radius 3 is 2.45 bits per heavy atom. The Balaban J connectivity index is 2.10. The second kappa shape index (κ2) is 6.11. The molecule has 1 fully saturated rings. The Morgan fingerprint density at radius 2 is 1.90 bits per heavy atom. The molecule has 1 aromatic rings. The van der Waals surface area contributed by atoms with E-state index in [4.69, 9.17) is 11.6 Å². The van der Waals surface area contributed by atoms with E-state index >= 15 is 0 Å². The van der Waals surface area contributed by atoms with E-state index in [1.807, 2.05) is 0 Å². The average Bonchev–Trinajstić information content (AvgIpc) is 2.39. The minimum Gasteiger partial charge on any atom is -0.354 e. The maximum absolute atomic E-state index is 12.5. The van der Waals surface area contributed by atoms with E-state index in [1.165, 1.54) is 17.3 Å². The lowest BCUT2D eigenvalue weighted by Gasteiger charge is -2.31. The van der Waals surface area contributed by atoms with E-state index in [2.05, 4.69) is 5.32 Å². The second-order valence-corrected chi connectivity index (χ2v) is 7.12. The molecular weight excluding hydrogens is 300 g/mol. The Hall–Kier alpha value is -1.11. The number of carbonyl (C=O) groups is 1. The molecule has 0 saturated carbocycles. The molecular formula is C13H17ClN2O3S. The van der Waals surface area contributed by atoms with Gasteiger partial charge in [0.2, 0.25) is 15.9 Å². The molecule has 0 radical (unpaired) electrons. The van der Waals surface area contributed by atoms with Gasteiger partial charge in [0.25, 0.3) is 0 Å². The first-order valence-corrected chi connectivity index (χ1v) is 8.25. The maximum Gasteiger partial charge on any atom is 0.244 e. The summed E-state index contributed by atoms with van der Waals surface area (Å²) in [5.74, 6) is -0.0857. The van der Waals surface area contributed by atoms with Crippen molar-refractivity contribution < 1.29 is 13.2 Å². The van der Waals surface area contributed by atoms with Gasteiger partial charge in [-0.2, -0.15) is 4.31 Å². The molecule has 1 aromatic carbocycles. The van der Waals surface area contributed by atoms with E-state index in [0.717, 1.165) is 0 Å². The molecule has 1 N–H and O–H groups in total. The first-order valence-electron chi connectivity index (χ1n) is 6.43. The number of sulfonamides is 1. The monoisotopic (exact) mass is 316 g/mol. The molecule has 0 aromatic heterocycles. The minimum atomic E-state index is -3.56. The van der Waals surface area contributed by atoms with E-state index in [-0.39, 0.29) is 21.9 Å². The zero-order valence-electron chi connectivity index (χ0n) is 11.2. The van der Waals surface area contributed by atoms with E-state index in [9.17, 15) is 13.2 Å². The molecule has 1 saturated heterocycles. The Kier molecular flexibility index (Phi) is 4.67. The SMILES string of the molecule is CC(=O)NC1CCN(S(=O)(=O)c2ccccc2Cl)CC1. The number of amides is 1. The maximum atomic E-state index is 12.5. The molecule has 0 spiro atoms. The first-order chi connectivity index (χ1) is 9.41. The van der Waals surface area contributed by atoms with Crippen LogP contribution in [-0.2, 0) is 14.8 Å². The van der Waals surface area contributed by atoms with Crippen LogP contribution in [0.2, 0.25) is 5.02 Å². The molecule has 0 aliphatic carbocycles. The van der Waals surface area contributed by atoms with Gasteiger partial charge < -0.3 is 5.32 Å². The number of rotatable bonds is 3. The molecule has 0 unspecified atom stereocenters. The number of nitrogens with zero attached hydrogens (tertiary/aromatic N) is 1. The number of benzene rings is 1. The zero-order valence-corrected chi connectivity index (χ0v) is 12.7. The Morgan fingerprint density at radius 1 is 1.30 bits per heavy atom. The second-order valence-electron chi connectivity index (χ2n) is 4.81. The van der Waals surface area contributed by atoms with Crippen molar-refractivity contribution >= 4 is 27.5 Å². The molecule has 20 heavy (non-hydrogen) atoms. The van der Waals surface area contributed by atoms with Gasteiger partial charge in [-0.15, -0.1) is 0 Å². The molecule has 5 nitrogen and oxygen atoms in total. The van der Waals surface area contributed by atoms with Gasteiger partial charge in [-0.25, -0.2) is 8.42 Å². The summed E-state index contributed by atoms with van der Waals surface area (Å²) >= 11 is 5.96. The lowest BCUT2D eigenvalue weighted by atomic mass is 10.1. The molecule has 7 heteroatoms. The summed E-state index contributed by atoms with van der Waals surface area (Å²) in [5.41, 5.74) is 0. The molecule has 1 amide bonds. The van der Waals surface area contributed by atoms with Crippen molar-refractivity contribution in [3.8, 4) is 0 Å². The highest BCUT2D eigenvalue weighted by Gasteiger charge is 2.30. The summed E-state index contributed by atoms with van der Waals surface area (Å²) in [6.07, 6.45) is 1.23. The van der Waals surface area contributed by atoms with Crippen LogP contribution >= 0.6 is 11.6 Å². The van der Waals surface area contributed by atoms with Crippen molar-refractivity contribution in [1.82, 2.24) is 9.62 Å². The predicted octanol–water partition coefficient (Wildman–Crippen LogP) is 1.63. The molecule has 2 rings (SSSR count). The highest BCUT2D eigenvalue weighted by Crippen LogP contribution is 2.26. The fourth-order valence-corrected chi connectivity index (χ4v) is 4.28. The number of carbonyl (C=O) groups excluding carboxylic acids is 1. The summed E-state index contributed by atoms with van der Waals surface area (Å²) in [4.78, 5) is 11.1. The summed E-state index contributed by atoms with van der Waals surface area (Å²) < 4.78 is 26.4. The van der Waals surface area contributed by atoms with Crippen molar-refractivity contribution in [2.45, 2.75) is 30.7 Å². The van der Waals surface area contributed by atoms with Gasteiger partial charge in [0.15, 0.2) is 0 Å². The van der Waals surface area contributed by atoms with Crippen LogP contribution in [-0.4, -0.2) is 37.8 Å². The summed E-state index contributed by atoms with van der Waals surface area (Å²) in [6, 6.07) is 6.48. The third-order valence-corrected chi connectivity index (χ3v) is 5.71. The highest BCUT2D eigenvalue weighted by molar-refractivity contribution is 7.89. The normalized spacial score (nSPS) is 17.9. The quantitative estimate of drug-likeness (QED) is 0.921. The highest BCUT2D eigenvalue weighted by atomic mass is 35.5. The first kappa shape index (κ1) is 15.3. The van der Waals surface area contributed by atoms with Gasteiger partial charge >= 0.3 is 0 Å². The van der Waals surface area contributed by atoms with Gasteiger partial charge in [-0.05, 0) is 25.0 Å². The Bertz CT molecular complexity index is 595.